The van der Waals surface area contributed by atoms with Crippen LogP contribution in [-0.4, -0.2) is 10.7 Å². The van der Waals surface area contributed by atoms with Gasteiger partial charge in [-0.3, -0.25) is 14.9 Å². The summed E-state index contributed by atoms with van der Waals surface area (Å²) in [6, 6.07) is 12.1. The van der Waals surface area contributed by atoms with E-state index >= 15 is 0 Å². The molecule has 104 valence electrons. The molecular weight excluding hydrogens is 275 g/mol. The third-order valence-corrected chi connectivity index (χ3v) is 2.96. The standard InChI is InChI=1S/C15H9FN2O3/c16-11-7-5-10(6-8-11)13(9-17)15(19)12-3-1-2-4-14(12)18(20)21/h1-8,13H. The van der Waals surface area contributed by atoms with Crippen molar-refractivity contribution >= 4 is 11.5 Å². The van der Waals surface area contributed by atoms with Crippen molar-refractivity contribution in [3.05, 3.63) is 75.6 Å². The van der Waals surface area contributed by atoms with Gasteiger partial charge in [-0.15, -0.1) is 0 Å². The molecule has 6 heteroatoms. The molecule has 21 heavy (non-hydrogen) atoms. The lowest BCUT2D eigenvalue weighted by Gasteiger charge is -2.09. The van der Waals surface area contributed by atoms with E-state index < -0.39 is 22.4 Å². The maximum atomic E-state index is 12.9. The number of hydrogen-bond acceptors (Lipinski definition) is 4. The SMILES string of the molecule is N#CC(C(=O)c1ccccc1[N+](=O)[O-])c1ccc(F)cc1. The summed E-state index contributed by atoms with van der Waals surface area (Å²) >= 11 is 0. The lowest BCUT2D eigenvalue weighted by atomic mass is 9.91. The highest BCUT2D eigenvalue weighted by atomic mass is 19.1. The normalized spacial score (nSPS) is 11.4. The first-order chi connectivity index (χ1) is 10.0. The van der Waals surface area contributed by atoms with E-state index in [-0.39, 0.29) is 11.3 Å². The Morgan fingerprint density at radius 3 is 2.38 bits per heavy atom. The summed E-state index contributed by atoms with van der Waals surface area (Å²) in [6.45, 7) is 0. The zero-order chi connectivity index (χ0) is 15.4. The number of ketones is 1. The monoisotopic (exact) mass is 284 g/mol. The number of hydrogen-bond donors (Lipinski definition) is 0. The highest BCUT2D eigenvalue weighted by molar-refractivity contribution is 6.05. The van der Waals surface area contributed by atoms with Crippen molar-refractivity contribution in [3.8, 4) is 6.07 Å². The average Bonchev–Trinajstić information content (AvgIpc) is 2.49. The molecule has 0 aliphatic carbocycles. The van der Waals surface area contributed by atoms with E-state index in [1.54, 1.807) is 0 Å². The molecule has 1 unspecified atom stereocenters. The highest BCUT2D eigenvalue weighted by Crippen LogP contribution is 2.26. The lowest BCUT2D eigenvalue weighted by molar-refractivity contribution is -0.385. The van der Waals surface area contributed by atoms with E-state index in [2.05, 4.69) is 0 Å². The Balaban J connectivity index is 2.45. The number of nitrogens with zero attached hydrogens (tertiary/aromatic N) is 2. The fourth-order valence-electron chi connectivity index (χ4n) is 1.94. The third-order valence-electron chi connectivity index (χ3n) is 2.96. The molecule has 0 bridgehead atoms. The minimum atomic E-state index is -1.22. The first-order valence-corrected chi connectivity index (χ1v) is 5.97. The molecule has 0 aliphatic rings. The van der Waals surface area contributed by atoms with Gasteiger partial charge in [0.25, 0.3) is 5.69 Å². The maximum Gasteiger partial charge on any atom is 0.280 e. The second kappa shape index (κ2) is 5.92. The van der Waals surface area contributed by atoms with Crippen molar-refractivity contribution in [1.82, 2.24) is 0 Å². The number of para-hydroxylation sites is 1. The van der Waals surface area contributed by atoms with Crippen LogP contribution in [0.25, 0.3) is 0 Å². The molecule has 0 saturated carbocycles. The van der Waals surface area contributed by atoms with Crippen LogP contribution >= 0.6 is 0 Å². The summed E-state index contributed by atoms with van der Waals surface area (Å²) in [5, 5.41) is 20.1. The van der Waals surface area contributed by atoms with Gasteiger partial charge >= 0.3 is 0 Å². The molecule has 0 radical (unpaired) electrons. The van der Waals surface area contributed by atoms with Gasteiger partial charge in [-0.05, 0) is 23.8 Å². The summed E-state index contributed by atoms with van der Waals surface area (Å²) in [6.07, 6.45) is 0. The fraction of sp³-hybridized carbons (Fsp3) is 0.0667. The van der Waals surface area contributed by atoms with Crippen molar-refractivity contribution in [2.75, 3.05) is 0 Å². The summed E-state index contributed by atoms with van der Waals surface area (Å²) in [7, 11) is 0. The van der Waals surface area contributed by atoms with E-state index in [0.29, 0.717) is 5.56 Å². The van der Waals surface area contributed by atoms with E-state index in [4.69, 9.17) is 0 Å². The zero-order valence-electron chi connectivity index (χ0n) is 10.7. The molecule has 5 nitrogen and oxygen atoms in total. The van der Waals surface area contributed by atoms with E-state index in [1.165, 1.54) is 36.4 Å². The fourth-order valence-corrected chi connectivity index (χ4v) is 1.94. The predicted molar refractivity (Wildman–Crippen MR) is 72.2 cm³/mol. The number of benzene rings is 2. The molecule has 2 aromatic carbocycles. The molecule has 0 fully saturated rings. The summed E-state index contributed by atoms with van der Waals surface area (Å²) < 4.78 is 12.9. The van der Waals surface area contributed by atoms with Crippen molar-refractivity contribution in [2.45, 2.75) is 5.92 Å². The Hall–Kier alpha value is -3.07. The number of carbonyl (C=O) groups excluding carboxylic acids is 1. The Labute approximate surface area is 119 Å². The lowest BCUT2D eigenvalue weighted by Crippen LogP contribution is -2.13. The number of rotatable bonds is 4. The van der Waals surface area contributed by atoms with Gasteiger partial charge in [0, 0.05) is 6.07 Å². The average molecular weight is 284 g/mol. The van der Waals surface area contributed by atoms with Gasteiger partial charge in [-0.25, -0.2) is 4.39 Å². The van der Waals surface area contributed by atoms with E-state index in [0.717, 1.165) is 12.1 Å². The van der Waals surface area contributed by atoms with Crippen LogP contribution in [0.15, 0.2) is 48.5 Å². The minimum Gasteiger partial charge on any atom is -0.292 e. The number of Topliss-reactive ketones (excluding diaryl/α,β-unsaturated/α-hetero) is 1. The molecule has 0 aliphatic heterocycles. The molecule has 2 aromatic rings. The summed E-state index contributed by atoms with van der Waals surface area (Å²) in [5.74, 6) is -2.39. The molecule has 0 amide bonds. The van der Waals surface area contributed by atoms with Gasteiger partial charge in [0.15, 0.2) is 5.78 Å². The topological polar surface area (TPSA) is 84.0 Å². The molecule has 0 N–H and O–H groups in total. The first kappa shape index (κ1) is 14.3. The Kier molecular flexibility index (Phi) is 4.05. The number of nitro groups is 1. The van der Waals surface area contributed by atoms with E-state index in [1.807, 2.05) is 6.07 Å². The third kappa shape index (κ3) is 2.92. The molecular formula is C15H9FN2O3. The van der Waals surface area contributed by atoms with Crippen LogP contribution in [0.1, 0.15) is 21.8 Å². The molecule has 0 aromatic heterocycles. The highest BCUT2D eigenvalue weighted by Gasteiger charge is 2.27. The van der Waals surface area contributed by atoms with Crippen molar-refractivity contribution in [1.29, 1.82) is 5.26 Å². The van der Waals surface area contributed by atoms with Crippen LogP contribution in [0.4, 0.5) is 10.1 Å². The van der Waals surface area contributed by atoms with Crippen LogP contribution < -0.4 is 0 Å². The van der Waals surface area contributed by atoms with Crippen molar-refractivity contribution in [2.24, 2.45) is 0 Å². The number of nitro benzene ring substituents is 1. The van der Waals surface area contributed by atoms with Crippen molar-refractivity contribution < 1.29 is 14.1 Å². The quantitative estimate of drug-likeness (QED) is 0.490. The van der Waals surface area contributed by atoms with Crippen LogP contribution in [-0.2, 0) is 0 Å². The molecule has 1 atom stereocenters. The summed E-state index contributed by atoms with van der Waals surface area (Å²) in [4.78, 5) is 22.6. The number of halogens is 1. The van der Waals surface area contributed by atoms with Gasteiger partial charge in [-0.2, -0.15) is 5.26 Å². The maximum absolute atomic E-state index is 12.9. The van der Waals surface area contributed by atoms with Crippen molar-refractivity contribution in [3.63, 3.8) is 0 Å². The van der Waals surface area contributed by atoms with Gasteiger partial charge in [0.1, 0.15) is 11.7 Å². The number of carbonyl (C=O) groups is 1. The minimum absolute atomic E-state index is 0.140. The Bertz CT molecular complexity index is 735. The first-order valence-electron chi connectivity index (χ1n) is 5.97. The van der Waals surface area contributed by atoms with Crippen LogP contribution in [0.2, 0.25) is 0 Å². The predicted octanol–water partition coefficient (Wildman–Crippen LogP) is 3.22. The molecule has 0 spiro atoms. The summed E-state index contributed by atoms with van der Waals surface area (Å²) in [5.41, 5.74) is -0.203. The van der Waals surface area contributed by atoms with Gasteiger partial charge in [-0.1, -0.05) is 24.3 Å². The largest absolute Gasteiger partial charge is 0.292 e. The van der Waals surface area contributed by atoms with E-state index in [9.17, 15) is 24.6 Å². The smallest absolute Gasteiger partial charge is 0.280 e. The Morgan fingerprint density at radius 1 is 1.19 bits per heavy atom. The molecule has 2 rings (SSSR count). The molecule has 0 saturated heterocycles. The second-order valence-electron chi connectivity index (χ2n) is 4.25. The Morgan fingerprint density at radius 2 is 1.81 bits per heavy atom. The number of nitriles is 1. The second-order valence-corrected chi connectivity index (χ2v) is 4.25. The van der Waals surface area contributed by atoms with Gasteiger partial charge < -0.3 is 0 Å². The van der Waals surface area contributed by atoms with Gasteiger partial charge in [0.2, 0.25) is 0 Å². The molecule has 0 heterocycles. The van der Waals surface area contributed by atoms with Crippen LogP contribution in [0.5, 0.6) is 0 Å². The van der Waals surface area contributed by atoms with Gasteiger partial charge in [0.05, 0.1) is 16.6 Å². The zero-order valence-corrected chi connectivity index (χ0v) is 10.7. The van der Waals surface area contributed by atoms with Crippen LogP contribution in [0, 0.1) is 27.3 Å². The van der Waals surface area contributed by atoms with Crippen LogP contribution in [0.3, 0.4) is 0 Å².